The summed E-state index contributed by atoms with van der Waals surface area (Å²) in [6.07, 6.45) is 0. The summed E-state index contributed by atoms with van der Waals surface area (Å²) in [6, 6.07) is 9.41. The molecule has 0 aliphatic rings. The number of aryl methyl sites for hydroxylation is 1. The average molecular weight is 187 g/mol. The maximum absolute atomic E-state index is 8.62. The molecule has 0 amide bonds. The molecule has 2 aromatic rings. The first-order chi connectivity index (χ1) is 6.79. The van der Waals surface area contributed by atoms with E-state index in [0.717, 1.165) is 16.7 Å². The molecule has 14 heavy (non-hydrogen) atoms. The molecule has 2 nitrogen and oxygen atoms in total. The largest absolute Gasteiger partial charge is 0.461 e. The standard InChI is InChI=1S/C10H7NO.C2H6/c1-7-4-9-5-8(6-11)2-3-10(9)12-7;1-2/h2-5H,1H3;1-2H3. The van der Waals surface area contributed by atoms with Gasteiger partial charge in [-0.25, -0.2) is 0 Å². The number of nitriles is 1. The molecule has 1 aromatic heterocycles. The van der Waals surface area contributed by atoms with Gasteiger partial charge < -0.3 is 4.42 Å². The number of hydrogen-bond donors (Lipinski definition) is 0. The van der Waals surface area contributed by atoms with Crippen LogP contribution in [-0.2, 0) is 0 Å². The van der Waals surface area contributed by atoms with Gasteiger partial charge in [-0.2, -0.15) is 5.26 Å². The van der Waals surface area contributed by atoms with Crippen LogP contribution in [0.5, 0.6) is 0 Å². The van der Waals surface area contributed by atoms with Crippen molar-refractivity contribution in [2.75, 3.05) is 0 Å². The Morgan fingerprint density at radius 1 is 1.21 bits per heavy atom. The van der Waals surface area contributed by atoms with Crippen LogP contribution in [0.1, 0.15) is 25.2 Å². The Morgan fingerprint density at radius 2 is 1.93 bits per heavy atom. The van der Waals surface area contributed by atoms with Crippen molar-refractivity contribution in [2.24, 2.45) is 0 Å². The van der Waals surface area contributed by atoms with Crippen LogP contribution in [0.25, 0.3) is 11.0 Å². The van der Waals surface area contributed by atoms with Gasteiger partial charge in [0.05, 0.1) is 11.6 Å². The van der Waals surface area contributed by atoms with Crippen molar-refractivity contribution in [1.29, 1.82) is 5.26 Å². The predicted molar refractivity (Wildman–Crippen MR) is 57.0 cm³/mol. The van der Waals surface area contributed by atoms with Crippen molar-refractivity contribution in [2.45, 2.75) is 20.8 Å². The van der Waals surface area contributed by atoms with E-state index in [9.17, 15) is 0 Å². The Labute approximate surface area is 83.8 Å². The van der Waals surface area contributed by atoms with E-state index in [0.29, 0.717) is 5.56 Å². The van der Waals surface area contributed by atoms with Gasteiger partial charge in [0.2, 0.25) is 0 Å². The number of rotatable bonds is 0. The van der Waals surface area contributed by atoms with Crippen molar-refractivity contribution < 1.29 is 4.42 Å². The van der Waals surface area contributed by atoms with Crippen LogP contribution in [0.15, 0.2) is 28.7 Å². The monoisotopic (exact) mass is 187 g/mol. The lowest BCUT2D eigenvalue weighted by atomic mass is 10.2. The third kappa shape index (κ3) is 1.94. The van der Waals surface area contributed by atoms with E-state index in [2.05, 4.69) is 6.07 Å². The van der Waals surface area contributed by atoms with E-state index < -0.39 is 0 Å². The van der Waals surface area contributed by atoms with E-state index in [1.54, 1.807) is 6.07 Å². The summed E-state index contributed by atoms with van der Waals surface area (Å²) in [5, 5.41) is 9.62. The van der Waals surface area contributed by atoms with Crippen LogP contribution in [0.2, 0.25) is 0 Å². The van der Waals surface area contributed by atoms with E-state index in [4.69, 9.17) is 9.68 Å². The molecule has 0 fully saturated rings. The van der Waals surface area contributed by atoms with Gasteiger partial charge in [0.1, 0.15) is 11.3 Å². The van der Waals surface area contributed by atoms with Gasteiger partial charge >= 0.3 is 0 Å². The summed E-state index contributed by atoms with van der Waals surface area (Å²) >= 11 is 0. The minimum absolute atomic E-state index is 0.670. The Hall–Kier alpha value is -1.75. The smallest absolute Gasteiger partial charge is 0.134 e. The van der Waals surface area contributed by atoms with Crippen LogP contribution in [-0.4, -0.2) is 0 Å². The van der Waals surface area contributed by atoms with Crippen molar-refractivity contribution in [3.8, 4) is 6.07 Å². The maximum atomic E-state index is 8.62. The van der Waals surface area contributed by atoms with Gasteiger partial charge in [-0.15, -0.1) is 0 Å². The molecular weight excluding hydrogens is 174 g/mol. The molecule has 2 heteroatoms. The van der Waals surface area contributed by atoms with E-state index in [1.165, 1.54) is 0 Å². The fraction of sp³-hybridized carbons (Fsp3) is 0.250. The summed E-state index contributed by atoms with van der Waals surface area (Å²) < 4.78 is 5.36. The summed E-state index contributed by atoms with van der Waals surface area (Å²) in [6.45, 7) is 5.89. The highest BCUT2D eigenvalue weighted by Crippen LogP contribution is 2.19. The Balaban J connectivity index is 0.000000461. The second-order valence-corrected chi connectivity index (χ2v) is 2.72. The molecule has 0 spiro atoms. The molecular formula is C12H13NO. The predicted octanol–water partition coefficient (Wildman–Crippen LogP) is 3.64. The Bertz CT molecular complexity index is 463. The zero-order valence-electron chi connectivity index (χ0n) is 8.66. The van der Waals surface area contributed by atoms with E-state index in [1.807, 2.05) is 39.0 Å². The first kappa shape index (κ1) is 10.3. The molecule has 0 atom stereocenters. The topological polar surface area (TPSA) is 36.9 Å². The molecule has 2 rings (SSSR count). The number of benzene rings is 1. The number of fused-ring (bicyclic) bond motifs is 1. The highest BCUT2D eigenvalue weighted by molar-refractivity contribution is 5.79. The molecule has 0 saturated carbocycles. The van der Waals surface area contributed by atoms with Gasteiger partial charge in [0.25, 0.3) is 0 Å². The molecule has 1 heterocycles. The van der Waals surface area contributed by atoms with Crippen LogP contribution >= 0.6 is 0 Å². The van der Waals surface area contributed by atoms with Crippen LogP contribution < -0.4 is 0 Å². The fourth-order valence-electron chi connectivity index (χ4n) is 1.25. The first-order valence-electron chi connectivity index (χ1n) is 4.70. The lowest BCUT2D eigenvalue weighted by Crippen LogP contribution is -1.70. The SMILES string of the molecule is CC.Cc1cc2cc(C#N)ccc2o1. The summed E-state index contributed by atoms with van der Waals surface area (Å²) in [4.78, 5) is 0. The number of hydrogen-bond acceptors (Lipinski definition) is 2. The van der Waals surface area contributed by atoms with E-state index in [-0.39, 0.29) is 0 Å². The Kier molecular flexibility index (Phi) is 3.30. The average Bonchev–Trinajstić information content (AvgIpc) is 2.59. The van der Waals surface area contributed by atoms with Crippen molar-refractivity contribution in [3.63, 3.8) is 0 Å². The van der Waals surface area contributed by atoms with Crippen molar-refractivity contribution in [3.05, 3.63) is 35.6 Å². The Morgan fingerprint density at radius 3 is 2.57 bits per heavy atom. The minimum atomic E-state index is 0.670. The lowest BCUT2D eigenvalue weighted by molar-refractivity contribution is 0.578. The molecule has 72 valence electrons. The zero-order valence-corrected chi connectivity index (χ0v) is 8.66. The number of furan rings is 1. The number of nitrogens with zero attached hydrogens (tertiary/aromatic N) is 1. The molecule has 0 N–H and O–H groups in total. The van der Waals surface area contributed by atoms with Crippen LogP contribution in [0, 0.1) is 18.3 Å². The summed E-state index contributed by atoms with van der Waals surface area (Å²) in [7, 11) is 0. The molecule has 0 aliphatic heterocycles. The third-order valence-corrected chi connectivity index (χ3v) is 1.77. The highest BCUT2D eigenvalue weighted by atomic mass is 16.3. The summed E-state index contributed by atoms with van der Waals surface area (Å²) in [5.74, 6) is 0.875. The van der Waals surface area contributed by atoms with Gasteiger partial charge in [-0.1, -0.05) is 13.8 Å². The van der Waals surface area contributed by atoms with Gasteiger partial charge in [0, 0.05) is 5.39 Å². The maximum Gasteiger partial charge on any atom is 0.134 e. The third-order valence-electron chi connectivity index (χ3n) is 1.77. The lowest BCUT2D eigenvalue weighted by Gasteiger charge is -1.87. The van der Waals surface area contributed by atoms with Crippen molar-refractivity contribution in [1.82, 2.24) is 0 Å². The second-order valence-electron chi connectivity index (χ2n) is 2.72. The molecule has 0 radical (unpaired) electrons. The van der Waals surface area contributed by atoms with Gasteiger partial charge in [-0.3, -0.25) is 0 Å². The highest BCUT2D eigenvalue weighted by Gasteiger charge is 1.99. The van der Waals surface area contributed by atoms with Crippen molar-refractivity contribution >= 4 is 11.0 Å². The van der Waals surface area contributed by atoms with Crippen LogP contribution in [0.3, 0.4) is 0 Å². The molecule has 0 aliphatic carbocycles. The van der Waals surface area contributed by atoms with E-state index >= 15 is 0 Å². The normalized spacial score (nSPS) is 9.00. The van der Waals surface area contributed by atoms with Crippen LogP contribution in [0.4, 0.5) is 0 Å². The molecule has 0 unspecified atom stereocenters. The van der Waals surface area contributed by atoms with Gasteiger partial charge in [0.15, 0.2) is 0 Å². The molecule has 0 bridgehead atoms. The molecule has 0 saturated heterocycles. The zero-order chi connectivity index (χ0) is 10.6. The first-order valence-corrected chi connectivity index (χ1v) is 4.70. The minimum Gasteiger partial charge on any atom is -0.461 e. The summed E-state index contributed by atoms with van der Waals surface area (Å²) in [5.41, 5.74) is 1.51. The van der Waals surface area contributed by atoms with Gasteiger partial charge in [-0.05, 0) is 31.2 Å². The molecule has 1 aromatic carbocycles. The second kappa shape index (κ2) is 4.48. The quantitative estimate of drug-likeness (QED) is 0.631. The fourth-order valence-corrected chi connectivity index (χ4v) is 1.25.